The van der Waals surface area contributed by atoms with Gasteiger partial charge in [-0.05, 0) is 37.8 Å². The SMILES string of the molecule is O=C1CC(NC(=O)C2CCC3C/C=C\CC(NC(=O)c4ccccc4)C(=O)N32)C(O)O1. The summed E-state index contributed by atoms with van der Waals surface area (Å²) in [6.45, 7) is 0. The number of fused-ring (bicyclic) bond motifs is 1. The second-order valence-electron chi connectivity index (χ2n) is 8.03. The van der Waals surface area contributed by atoms with Crippen molar-refractivity contribution in [3.63, 3.8) is 0 Å². The van der Waals surface area contributed by atoms with Gasteiger partial charge in [-0.2, -0.15) is 0 Å². The molecule has 9 heteroatoms. The molecule has 0 aliphatic carbocycles. The van der Waals surface area contributed by atoms with E-state index in [1.807, 2.05) is 12.2 Å². The van der Waals surface area contributed by atoms with Crippen LogP contribution in [0.3, 0.4) is 0 Å². The monoisotopic (exact) mass is 427 g/mol. The summed E-state index contributed by atoms with van der Waals surface area (Å²) >= 11 is 0. The highest BCUT2D eigenvalue weighted by Crippen LogP contribution is 2.30. The van der Waals surface area contributed by atoms with E-state index in [1.165, 1.54) is 0 Å². The van der Waals surface area contributed by atoms with Gasteiger partial charge in [0.25, 0.3) is 5.91 Å². The topological polar surface area (TPSA) is 125 Å². The molecule has 0 spiro atoms. The lowest BCUT2D eigenvalue weighted by Gasteiger charge is -2.34. The summed E-state index contributed by atoms with van der Waals surface area (Å²) < 4.78 is 4.67. The Balaban J connectivity index is 1.49. The van der Waals surface area contributed by atoms with Gasteiger partial charge in [-0.1, -0.05) is 30.4 Å². The second kappa shape index (κ2) is 8.89. The van der Waals surface area contributed by atoms with Crippen molar-refractivity contribution in [3.05, 3.63) is 48.0 Å². The number of benzene rings is 1. The lowest BCUT2D eigenvalue weighted by molar-refractivity contribution is -0.155. The minimum atomic E-state index is -1.39. The molecule has 3 heterocycles. The maximum atomic E-state index is 13.4. The Morgan fingerprint density at radius 3 is 2.48 bits per heavy atom. The molecule has 1 aromatic carbocycles. The summed E-state index contributed by atoms with van der Waals surface area (Å²) in [6.07, 6.45) is 4.42. The Morgan fingerprint density at radius 1 is 1.03 bits per heavy atom. The van der Waals surface area contributed by atoms with Crippen molar-refractivity contribution in [2.45, 2.75) is 62.6 Å². The van der Waals surface area contributed by atoms with Gasteiger partial charge in [0.05, 0.1) is 6.42 Å². The first-order valence-electron chi connectivity index (χ1n) is 10.4. The molecule has 9 nitrogen and oxygen atoms in total. The van der Waals surface area contributed by atoms with Gasteiger partial charge in [0.2, 0.25) is 18.1 Å². The fourth-order valence-electron chi connectivity index (χ4n) is 4.37. The Kier molecular flexibility index (Phi) is 6.03. The lowest BCUT2D eigenvalue weighted by Crippen LogP contribution is -2.57. The average molecular weight is 427 g/mol. The average Bonchev–Trinajstić information content (AvgIpc) is 3.31. The third-order valence-corrected chi connectivity index (χ3v) is 5.96. The molecular weight excluding hydrogens is 402 g/mol. The number of carbonyl (C=O) groups excluding carboxylic acids is 4. The van der Waals surface area contributed by atoms with Gasteiger partial charge in [0.1, 0.15) is 18.1 Å². The molecular formula is C22H25N3O6. The van der Waals surface area contributed by atoms with E-state index in [1.54, 1.807) is 35.2 Å². The van der Waals surface area contributed by atoms with Crippen molar-refractivity contribution in [1.29, 1.82) is 0 Å². The highest BCUT2D eigenvalue weighted by molar-refractivity contribution is 5.98. The summed E-state index contributed by atoms with van der Waals surface area (Å²) in [7, 11) is 0. The molecule has 2 saturated heterocycles. The van der Waals surface area contributed by atoms with E-state index in [0.29, 0.717) is 31.2 Å². The number of aliphatic hydroxyl groups excluding tert-OH is 1. The van der Waals surface area contributed by atoms with Crippen molar-refractivity contribution in [1.82, 2.24) is 15.5 Å². The van der Waals surface area contributed by atoms with Gasteiger partial charge in [-0.3, -0.25) is 19.2 Å². The number of rotatable bonds is 4. The molecule has 31 heavy (non-hydrogen) atoms. The van der Waals surface area contributed by atoms with E-state index in [0.717, 1.165) is 0 Å². The van der Waals surface area contributed by atoms with Crippen LogP contribution in [0.25, 0.3) is 0 Å². The molecule has 3 aliphatic rings. The molecule has 0 aromatic heterocycles. The summed E-state index contributed by atoms with van der Waals surface area (Å²) in [6, 6.07) is 6.13. The molecule has 164 valence electrons. The molecule has 2 fully saturated rings. The fourth-order valence-corrected chi connectivity index (χ4v) is 4.37. The van der Waals surface area contributed by atoms with Crippen molar-refractivity contribution < 1.29 is 29.0 Å². The van der Waals surface area contributed by atoms with E-state index < -0.39 is 36.3 Å². The van der Waals surface area contributed by atoms with E-state index in [4.69, 9.17) is 0 Å². The highest BCUT2D eigenvalue weighted by Gasteiger charge is 2.45. The number of esters is 1. The predicted molar refractivity (Wildman–Crippen MR) is 108 cm³/mol. The molecule has 3 N–H and O–H groups in total. The molecule has 1 aromatic rings. The Labute approximate surface area is 179 Å². The quantitative estimate of drug-likeness (QED) is 0.467. The van der Waals surface area contributed by atoms with Crippen molar-refractivity contribution in [2.75, 3.05) is 0 Å². The van der Waals surface area contributed by atoms with Crippen LogP contribution < -0.4 is 10.6 Å². The predicted octanol–water partition coefficient (Wildman–Crippen LogP) is 0.245. The van der Waals surface area contributed by atoms with Gasteiger partial charge in [0, 0.05) is 11.6 Å². The molecule has 5 atom stereocenters. The zero-order valence-corrected chi connectivity index (χ0v) is 16.9. The third-order valence-electron chi connectivity index (χ3n) is 5.96. The van der Waals surface area contributed by atoms with Crippen LogP contribution in [0.1, 0.15) is 42.5 Å². The number of hydrogen-bond acceptors (Lipinski definition) is 6. The number of ether oxygens (including phenoxy) is 1. The van der Waals surface area contributed by atoms with Crippen LogP contribution in [0, 0.1) is 0 Å². The second-order valence-corrected chi connectivity index (χ2v) is 8.03. The first-order chi connectivity index (χ1) is 14.9. The molecule has 4 rings (SSSR count). The van der Waals surface area contributed by atoms with Crippen molar-refractivity contribution >= 4 is 23.7 Å². The van der Waals surface area contributed by atoms with Gasteiger partial charge in [-0.25, -0.2) is 0 Å². The van der Waals surface area contributed by atoms with Crippen LogP contribution in [0.15, 0.2) is 42.5 Å². The first-order valence-corrected chi connectivity index (χ1v) is 10.4. The minimum Gasteiger partial charge on any atom is -0.434 e. The number of aliphatic hydroxyl groups is 1. The molecule has 5 unspecified atom stereocenters. The lowest BCUT2D eigenvalue weighted by atomic mass is 10.0. The van der Waals surface area contributed by atoms with E-state index in [-0.39, 0.29) is 24.3 Å². The third kappa shape index (κ3) is 4.46. The Morgan fingerprint density at radius 2 is 1.77 bits per heavy atom. The van der Waals surface area contributed by atoms with Crippen LogP contribution in [-0.2, 0) is 19.1 Å². The molecule has 3 aliphatic heterocycles. The maximum Gasteiger partial charge on any atom is 0.310 e. The van der Waals surface area contributed by atoms with E-state index in [2.05, 4.69) is 15.4 Å². The van der Waals surface area contributed by atoms with E-state index >= 15 is 0 Å². The number of carbonyl (C=O) groups is 4. The van der Waals surface area contributed by atoms with Gasteiger partial charge in [-0.15, -0.1) is 0 Å². The summed E-state index contributed by atoms with van der Waals surface area (Å²) in [5, 5.41) is 15.2. The van der Waals surface area contributed by atoms with Crippen LogP contribution in [0.5, 0.6) is 0 Å². The number of hydrogen-bond donors (Lipinski definition) is 3. The van der Waals surface area contributed by atoms with Gasteiger partial charge in [0.15, 0.2) is 0 Å². The van der Waals surface area contributed by atoms with Gasteiger partial charge >= 0.3 is 5.97 Å². The van der Waals surface area contributed by atoms with Crippen LogP contribution >= 0.6 is 0 Å². The zero-order chi connectivity index (χ0) is 22.0. The number of amides is 3. The van der Waals surface area contributed by atoms with Crippen molar-refractivity contribution in [3.8, 4) is 0 Å². The molecule has 0 saturated carbocycles. The standard InChI is InChI=1S/C22H25N3O6/c26-18-12-16(22(30)31-18)24-20(28)17-11-10-14-8-4-5-9-15(21(29)25(14)17)23-19(27)13-6-2-1-3-7-13/h1-7,14-17,22,30H,8-12H2,(H,23,27)(H,24,28)/b5-4-. The number of nitrogens with one attached hydrogen (secondary N) is 2. The van der Waals surface area contributed by atoms with E-state index in [9.17, 15) is 24.3 Å². The normalized spacial score (nSPS) is 31.3. The Hall–Kier alpha value is -3.20. The first kappa shape index (κ1) is 21.0. The van der Waals surface area contributed by atoms with Crippen molar-refractivity contribution in [2.24, 2.45) is 0 Å². The number of nitrogens with zero attached hydrogens (tertiary/aromatic N) is 1. The van der Waals surface area contributed by atoms with Crippen LogP contribution in [-0.4, -0.2) is 64.2 Å². The highest BCUT2D eigenvalue weighted by atomic mass is 16.6. The largest absolute Gasteiger partial charge is 0.434 e. The minimum absolute atomic E-state index is 0.116. The van der Waals surface area contributed by atoms with Crippen LogP contribution in [0.2, 0.25) is 0 Å². The van der Waals surface area contributed by atoms with Crippen LogP contribution in [0.4, 0.5) is 0 Å². The smallest absolute Gasteiger partial charge is 0.310 e. The van der Waals surface area contributed by atoms with Gasteiger partial charge < -0.3 is 25.4 Å². The fraction of sp³-hybridized carbons (Fsp3) is 0.455. The number of cyclic esters (lactones) is 1. The molecule has 3 amide bonds. The Bertz CT molecular complexity index is 902. The summed E-state index contributed by atoms with van der Waals surface area (Å²) in [5.74, 6) is -1.68. The summed E-state index contributed by atoms with van der Waals surface area (Å²) in [4.78, 5) is 51.8. The zero-order valence-electron chi connectivity index (χ0n) is 16.9. The molecule has 0 radical (unpaired) electrons. The molecule has 0 bridgehead atoms. The summed E-state index contributed by atoms with van der Waals surface area (Å²) in [5.41, 5.74) is 0.452. The maximum absolute atomic E-state index is 13.4.